The zero-order valence-corrected chi connectivity index (χ0v) is 14.6. The standard InChI is InChI=1S/C20H21F2NO2/c1-13-4-5-15(10-14(13)2)19(24)8-9-20(25)23(3)12-16-6-7-17(21)11-18(16)22/h4-7,10-11H,8-9,12H2,1-3H3. The molecule has 0 aliphatic heterocycles. The highest BCUT2D eigenvalue weighted by molar-refractivity contribution is 5.98. The summed E-state index contributed by atoms with van der Waals surface area (Å²) >= 11 is 0. The fraction of sp³-hybridized carbons (Fsp3) is 0.300. The lowest BCUT2D eigenvalue weighted by Gasteiger charge is -2.17. The van der Waals surface area contributed by atoms with Crippen LogP contribution in [0, 0.1) is 25.5 Å². The summed E-state index contributed by atoms with van der Waals surface area (Å²) in [6, 6.07) is 8.71. The SMILES string of the molecule is Cc1ccc(C(=O)CCC(=O)N(C)Cc2ccc(F)cc2F)cc1C. The van der Waals surface area contributed by atoms with E-state index >= 15 is 0 Å². The van der Waals surface area contributed by atoms with Gasteiger partial charge in [-0.1, -0.05) is 18.2 Å². The van der Waals surface area contributed by atoms with Crippen molar-refractivity contribution in [1.29, 1.82) is 0 Å². The number of nitrogens with zero attached hydrogens (tertiary/aromatic N) is 1. The van der Waals surface area contributed by atoms with Crippen molar-refractivity contribution in [3.8, 4) is 0 Å². The number of aryl methyl sites for hydroxylation is 2. The Balaban J connectivity index is 1.92. The van der Waals surface area contributed by atoms with Crippen LogP contribution in [-0.4, -0.2) is 23.6 Å². The molecule has 0 bridgehead atoms. The maximum absolute atomic E-state index is 13.6. The van der Waals surface area contributed by atoms with E-state index in [1.807, 2.05) is 26.0 Å². The van der Waals surface area contributed by atoms with Gasteiger partial charge in [-0.05, 0) is 37.1 Å². The van der Waals surface area contributed by atoms with Crippen LogP contribution in [0.2, 0.25) is 0 Å². The molecule has 0 aliphatic rings. The molecular weight excluding hydrogens is 324 g/mol. The minimum atomic E-state index is -0.689. The first-order chi connectivity index (χ1) is 11.8. The zero-order valence-electron chi connectivity index (χ0n) is 14.6. The van der Waals surface area contributed by atoms with Crippen LogP contribution in [0.1, 0.15) is 39.9 Å². The minimum Gasteiger partial charge on any atom is -0.341 e. The molecule has 0 heterocycles. The molecule has 1 amide bonds. The van der Waals surface area contributed by atoms with Gasteiger partial charge in [-0.25, -0.2) is 8.78 Å². The summed E-state index contributed by atoms with van der Waals surface area (Å²) in [6.07, 6.45) is 0.142. The third-order valence-electron chi connectivity index (χ3n) is 4.24. The van der Waals surface area contributed by atoms with Crippen LogP contribution in [-0.2, 0) is 11.3 Å². The molecule has 3 nitrogen and oxygen atoms in total. The molecule has 2 aromatic rings. The van der Waals surface area contributed by atoms with Gasteiger partial charge >= 0.3 is 0 Å². The Morgan fingerprint density at radius 2 is 1.68 bits per heavy atom. The summed E-state index contributed by atoms with van der Waals surface area (Å²) in [4.78, 5) is 25.7. The molecule has 0 saturated carbocycles. The minimum absolute atomic E-state index is 0.0305. The highest BCUT2D eigenvalue weighted by Crippen LogP contribution is 2.15. The highest BCUT2D eigenvalue weighted by atomic mass is 19.1. The van der Waals surface area contributed by atoms with E-state index in [-0.39, 0.29) is 36.6 Å². The lowest BCUT2D eigenvalue weighted by Crippen LogP contribution is -2.27. The molecule has 0 atom stereocenters. The Morgan fingerprint density at radius 1 is 0.960 bits per heavy atom. The smallest absolute Gasteiger partial charge is 0.223 e. The van der Waals surface area contributed by atoms with E-state index < -0.39 is 11.6 Å². The molecule has 0 fully saturated rings. The number of rotatable bonds is 6. The fourth-order valence-corrected chi connectivity index (χ4v) is 2.46. The first-order valence-electron chi connectivity index (χ1n) is 8.06. The second-order valence-corrected chi connectivity index (χ2v) is 6.21. The van der Waals surface area contributed by atoms with E-state index in [2.05, 4.69) is 0 Å². The predicted molar refractivity (Wildman–Crippen MR) is 92.3 cm³/mol. The average molecular weight is 345 g/mol. The van der Waals surface area contributed by atoms with Crippen LogP contribution in [0.4, 0.5) is 8.78 Å². The van der Waals surface area contributed by atoms with Crippen LogP contribution in [0.25, 0.3) is 0 Å². The van der Waals surface area contributed by atoms with Gasteiger partial charge in [-0.3, -0.25) is 9.59 Å². The van der Waals surface area contributed by atoms with Gasteiger partial charge in [0.1, 0.15) is 11.6 Å². The van der Waals surface area contributed by atoms with Crippen LogP contribution >= 0.6 is 0 Å². The summed E-state index contributed by atoms with van der Waals surface area (Å²) < 4.78 is 26.6. The van der Waals surface area contributed by atoms with Gasteiger partial charge in [0.15, 0.2) is 5.78 Å². The molecule has 0 unspecified atom stereocenters. The quantitative estimate of drug-likeness (QED) is 0.736. The molecule has 2 aromatic carbocycles. The van der Waals surface area contributed by atoms with E-state index in [0.29, 0.717) is 5.56 Å². The Kier molecular flexibility index (Phi) is 6.02. The lowest BCUT2D eigenvalue weighted by atomic mass is 10.0. The maximum atomic E-state index is 13.6. The number of amides is 1. The van der Waals surface area contributed by atoms with E-state index in [0.717, 1.165) is 23.3 Å². The molecule has 0 saturated heterocycles. The third-order valence-corrected chi connectivity index (χ3v) is 4.24. The molecule has 0 spiro atoms. The summed E-state index contributed by atoms with van der Waals surface area (Å²) in [5.41, 5.74) is 2.95. The summed E-state index contributed by atoms with van der Waals surface area (Å²) in [6.45, 7) is 3.93. The van der Waals surface area contributed by atoms with Gasteiger partial charge in [-0.2, -0.15) is 0 Å². The van der Waals surface area contributed by atoms with Gasteiger partial charge in [0.05, 0.1) is 0 Å². The number of hydrogen-bond donors (Lipinski definition) is 0. The van der Waals surface area contributed by atoms with E-state index in [9.17, 15) is 18.4 Å². The number of hydrogen-bond acceptors (Lipinski definition) is 2. The number of benzene rings is 2. The van der Waals surface area contributed by atoms with Crippen molar-refractivity contribution in [1.82, 2.24) is 4.90 Å². The maximum Gasteiger partial charge on any atom is 0.223 e. The van der Waals surface area contributed by atoms with Gasteiger partial charge in [0.2, 0.25) is 5.91 Å². The van der Waals surface area contributed by atoms with Crippen LogP contribution in [0.15, 0.2) is 36.4 Å². The Bertz CT molecular complexity index is 802. The number of ketones is 1. The second-order valence-electron chi connectivity index (χ2n) is 6.21. The van der Waals surface area contributed by atoms with Crippen molar-refractivity contribution in [2.24, 2.45) is 0 Å². The summed E-state index contributed by atoms with van der Waals surface area (Å²) in [7, 11) is 1.53. The zero-order chi connectivity index (χ0) is 18.6. The van der Waals surface area contributed by atoms with E-state index in [1.54, 1.807) is 6.07 Å². The molecule has 0 aromatic heterocycles. The van der Waals surface area contributed by atoms with Crippen LogP contribution in [0.3, 0.4) is 0 Å². The van der Waals surface area contributed by atoms with E-state index in [4.69, 9.17) is 0 Å². The van der Waals surface area contributed by atoms with Crippen LogP contribution < -0.4 is 0 Å². The number of Topliss-reactive ketones (excluding diaryl/α,β-unsaturated/α-hetero) is 1. The molecule has 132 valence electrons. The van der Waals surface area contributed by atoms with Gasteiger partial charge in [0, 0.05) is 43.6 Å². The summed E-state index contributed by atoms with van der Waals surface area (Å²) in [5, 5.41) is 0. The monoisotopic (exact) mass is 345 g/mol. The lowest BCUT2D eigenvalue weighted by molar-refractivity contribution is -0.130. The largest absolute Gasteiger partial charge is 0.341 e. The molecule has 0 aliphatic carbocycles. The molecule has 0 radical (unpaired) electrons. The second kappa shape index (κ2) is 8.01. The predicted octanol–water partition coefficient (Wildman–Crippen LogP) is 4.20. The number of carbonyl (C=O) groups is 2. The summed E-state index contributed by atoms with van der Waals surface area (Å²) in [5.74, 6) is -1.71. The average Bonchev–Trinajstić information content (AvgIpc) is 2.57. The Morgan fingerprint density at radius 3 is 2.32 bits per heavy atom. The van der Waals surface area contributed by atoms with Gasteiger partial charge in [-0.15, -0.1) is 0 Å². The van der Waals surface area contributed by atoms with Crippen molar-refractivity contribution >= 4 is 11.7 Å². The first kappa shape index (κ1) is 18.8. The molecular formula is C20H21F2NO2. The fourth-order valence-electron chi connectivity index (χ4n) is 2.46. The van der Waals surface area contributed by atoms with Crippen LogP contribution in [0.5, 0.6) is 0 Å². The normalized spacial score (nSPS) is 10.6. The van der Waals surface area contributed by atoms with Crippen molar-refractivity contribution in [2.45, 2.75) is 33.2 Å². The van der Waals surface area contributed by atoms with Crippen molar-refractivity contribution < 1.29 is 18.4 Å². The Labute approximate surface area is 146 Å². The van der Waals surface area contributed by atoms with Crippen molar-refractivity contribution in [2.75, 3.05) is 7.05 Å². The van der Waals surface area contributed by atoms with Crippen molar-refractivity contribution in [3.05, 3.63) is 70.3 Å². The number of carbonyl (C=O) groups excluding carboxylic acids is 2. The Hall–Kier alpha value is -2.56. The van der Waals surface area contributed by atoms with Crippen molar-refractivity contribution in [3.63, 3.8) is 0 Å². The first-order valence-corrected chi connectivity index (χ1v) is 8.06. The van der Waals surface area contributed by atoms with Gasteiger partial charge < -0.3 is 4.90 Å². The molecule has 25 heavy (non-hydrogen) atoms. The van der Waals surface area contributed by atoms with Gasteiger partial charge in [0.25, 0.3) is 0 Å². The molecule has 5 heteroatoms. The highest BCUT2D eigenvalue weighted by Gasteiger charge is 2.15. The number of halogens is 2. The molecule has 0 N–H and O–H groups in total. The third kappa shape index (κ3) is 4.95. The topological polar surface area (TPSA) is 37.4 Å². The van der Waals surface area contributed by atoms with E-state index in [1.165, 1.54) is 18.0 Å². The molecule has 2 rings (SSSR count).